The molecule has 1 unspecified atom stereocenters. The minimum atomic E-state index is -0.502. The van der Waals surface area contributed by atoms with Gasteiger partial charge in [-0.3, -0.25) is 9.80 Å². The van der Waals surface area contributed by atoms with Crippen LogP contribution in [-0.2, 0) is 4.74 Å². The maximum Gasteiger partial charge on any atom is 0.416 e. The van der Waals surface area contributed by atoms with E-state index in [1.807, 2.05) is 31.7 Å². The lowest BCUT2D eigenvalue weighted by Gasteiger charge is -2.39. The van der Waals surface area contributed by atoms with Crippen molar-refractivity contribution in [1.29, 1.82) is 0 Å². The first-order valence-corrected chi connectivity index (χ1v) is 9.04. The first-order valence-electron chi connectivity index (χ1n) is 9.04. The van der Waals surface area contributed by atoms with Crippen LogP contribution in [0.5, 0.6) is 0 Å². The number of hydrogen-bond donors (Lipinski definition) is 0. The molecule has 0 spiro atoms. The second-order valence-corrected chi connectivity index (χ2v) is 7.99. The highest BCUT2D eigenvalue weighted by Crippen LogP contribution is 2.38. The lowest BCUT2D eigenvalue weighted by molar-refractivity contribution is 0.0547. The van der Waals surface area contributed by atoms with Gasteiger partial charge in [-0.05, 0) is 72.5 Å². The van der Waals surface area contributed by atoms with Crippen molar-refractivity contribution < 1.29 is 9.53 Å². The first kappa shape index (κ1) is 17.2. The molecule has 2 heterocycles. The number of aromatic nitrogens is 1. The smallest absolute Gasteiger partial charge is 0.416 e. The molecule has 0 aromatic carbocycles. The van der Waals surface area contributed by atoms with Gasteiger partial charge in [0.15, 0.2) is 0 Å². The van der Waals surface area contributed by atoms with E-state index >= 15 is 0 Å². The minimum absolute atomic E-state index is 0.209. The zero-order chi connectivity index (χ0) is 17.3. The maximum atomic E-state index is 12.9. The molecule has 1 aromatic rings. The van der Waals surface area contributed by atoms with E-state index in [0.717, 1.165) is 43.6 Å². The van der Waals surface area contributed by atoms with E-state index in [2.05, 4.69) is 23.0 Å². The fourth-order valence-corrected chi connectivity index (χ4v) is 3.54. The summed E-state index contributed by atoms with van der Waals surface area (Å²) in [4.78, 5) is 21.7. The number of ether oxygens (including phenoxy) is 1. The van der Waals surface area contributed by atoms with Gasteiger partial charge in [-0.1, -0.05) is 6.07 Å². The van der Waals surface area contributed by atoms with Gasteiger partial charge in [-0.15, -0.1) is 0 Å². The number of pyridine rings is 1. The summed E-state index contributed by atoms with van der Waals surface area (Å²) in [5.74, 6) is 0.787. The fraction of sp³-hybridized carbons (Fsp3) is 0.684. The summed E-state index contributed by atoms with van der Waals surface area (Å²) in [6.07, 6.45) is 7.02. The number of carbonyl (C=O) groups is 1. The van der Waals surface area contributed by atoms with Crippen LogP contribution in [0.4, 0.5) is 10.6 Å². The topological polar surface area (TPSA) is 45.7 Å². The summed E-state index contributed by atoms with van der Waals surface area (Å²) >= 11 is 0. The van der Waals surface area contributed by atoms with Crippen LogP contribution in [0, 0.1) is 0 Å². The molecule has 5 heteroatoms. The van der Waals surface area contributed by atoms with Crippen molar-refractivity contribution in [2.75, 3.05) is 18.5 Å². The monoisotopic (exact) mass is 331 g/mol. The predicted molar refractivity (Wildman–Crippen MR) is 95.2 cm³/mol. The van der Waals surface area contributed by atoms with Crippen LogP contribution in [-0.4, -0.2) is 41.2 Å². The van der Waals surface area contributed by atoms with Crippen molar-refractivity contribution in [1.82, 2.24) is 9.88 Å². The summed E-state index contributed by atoms with van der Waals surface area (Å²) in [5, 5.41) is 0. The highest BCUT2D eigenvalue weighted by molar-refractivity contribution is 5.88. The summed E-state index contributed by atoms with van der Waals surface area (Å²) in [7, 11) is 2.15. The number of rotatable bonds is 3. The van der Waals surface area contributed by atoms with E-state index in [9.17, 15) is 4.79 Å². The lowest BCUT2D eigenvalue weighted by Crippen LogP contribution is -2.47. The molecule has 1 aromatic heterocycles. The summed E-state index contributed by atoms with van der Waals surface area (Å²) in [6.45, 7) is 6.82. The standard InChI is InChI=1S/C19H29N3O2/c1-19(2,3)24-18(23)22(14-8-5-9-14)17-15(10-6-12-20-17)16-11-7-13-21(16)4/h6,10,12,14,16H,5,7-9,11,13H2,1-4H3. The Kier molecular flexibility index (Phi) is 4.81. The van der Waals surface area contributed by atoms with Gasteiger partial charge in [0.1, 0.15) is 11.4 Å². The van der Waals surface area contributed by atoms with Crippen LogP contribution < -0.4 is 4.90 Å². The molecule has 5 nitrogen and oxygen atoms in total. The van der Waals surface area contributed by atoms with Crippen molar-refractivity contribution in [2.45, 2.75) is 70.6 Å². The van der Waals surface area contributed by atoms with Crippen LogP contribution in [0.25, 0.3) is 0 Å². The van der Waals surface area contributed by atoms with Crippen LogP contribution in [0.3, 0.4) is 0 Å². The van der Waals surface area contributed by atoms with E-state index in [1.54, 1.807) is 6.20 Å². The highest BCUT2D eigenvalue weighted by atomic mass is 16.6. The molecule has 1 aliphatic carbocycles. The SMILES string of the molecule is CN1CCCC1c1cccnc1N(C(=O)OC(C)(C)C)C1CCC1. The van der Waals surface area contributed by atoms with Crippen molar-refractivity contribution in [3.8, 4) is 0 Å². The molecule has 1 atom stereocenters. The largest absolute Gasteiger partial charge is 0.443 e. The number of amides is 1. The molecule has 0 bridgehead atoms. The summed E-state index contributed by atoms with van der Waals surface area (Å²) < 4.78 is 5.69. The quantitative estimate of drug-likeness (QED) is 0.835. The molecule has 2 aliphatic rings. The molecule has 2 fully saturated rings. The Balaban J connectivity index is 1.94. The summed E-state index contributed by atoms with van der Waals surface area (Å²) in [6, 6.07) is 4.63. The molecule has 1 saturated carbocycles. The molecular weight excluding hydrogens is 302 g/mol. The Bertz CT molecular complexity index is 593. The predicted octanol–water partition coefficient (Wildman–Crippen LogP) is 4.14. The second kappa shape index (κ2) is 6.71. The summed E-state index contributed by atoms with van der Waals surface area (Å²) in [5.41, 5.74) is 0.647. The van der Waals surface area contributed by atoms with E-state index in [4.69, 9.17) is 4.74 Å². The van der Waals surface area contributed by atoms with Crippen molar-refractivity contribution >= 4 is 11.9 Å². The van der Waals surface area contributed by atoms with Gasteiger partial charge >= 0.3 is 6.09 Å². The van der Waals surface area contributed by atoms with Crippen LogP contribution >= 0.6 is 0 Å². The molecule has 0 radical (unpaired) electrons. The Morgan fingerprint density at radius 2 is 2.04 bits per heavy atom. The third-order valence-corrected chi connectivity index (χ3v) is 4.95. The number of nitrogens with zero attached hydrogens (tertiary/aromatic N) is 3. The zero-order valence-corrected chi connectivity index (χ0v) is 15.3. The van der Waals surface area contributed by atoms with E-state index in [-0.39, 0.29) is 12.1 Å². The molecule has 1 aliphatic heterocycles. The Hall–Kier alpha value is -1.62. The molecule has 0 N–H and O–H groups in total. The highest BCUT2D eigenvalue weighted by Gasteiger charge is 2.37. The molecule has 132 valence electrons. The van der Waals surface area contributed by atoms with Gasteiger partial charge in [0.25, 0.3) is 0 Å². The van der Waals surface area contributed by atoms with Gasteiger partial charge in [0.05, 0.1) is 0 Å². The van der Waals surface area contributed by atoms with E-state index in [0.29, 0.717) is 6.04 Å². The number of anilines is 1. The van der Waals surface area contributed by atoms with Gasteiger partial charge in [0, 0.05) is 23.8 Å². The van der Waals surface area contributed by atoms with Crippen LogP contribution in [0.15, 0.2) is 18.3 Å². The van der Waals surface area contributed by atoms with Crippen molar-refractivity contribution in [3.63, 3.8) is 0 Å². The maximum absolute atomic E-state index is 12.9. The third kappa shape index (κ3) is 3.56. The lowest BCUT2D eigenvalue weighted by atomic mass is 9.91. The van der Waals surface area contributed by atoms with Crippen LogP contribution in [0.2, 0.25) is 0 Å². The van der Waals surface area contributed by atoms with Gasteiger partial charge in [-0.2, -0.15) is 0 Å². The van der Waals surface area contributed by atoms with Crippen LogP contribution in [0.1, 0.15) is 64.5 Å². The van der Waals surface area contributed by atoms with Crippen molar-refractivity contribution in [2.24, 2.45) is 0 Å². The Labute approximate surface area is 145 Å². The molecule has 24 heavy (non-hydrogen) atoms. The van der Waals surface area contributed by atoms with E-state index < -0.39 is 5.60 Å². The number of carbonyl (C=O) groups excluding carboxylic acids is 1. The average molecular weight is 331 g/mol. The first-order chi connectivity index (χ1) is 11.4. The van der Waals surface area contributed by atoms with Gasteiger partial charge < -0.3 is 4.74 Å². The van der Waals surface area contributed by atoms with Gasteiger partial charge in [0.2, 0.25) is 0 Å². The number of hydrogen-bond acceptors (Lipinski definition) is 4. The number of likely N-dealkylation sites (tertiary alicyclic amines) is 1. The zero-order valence-electron chi connectivity index (χ0n) is 15.3. The average Bonchev–Trinajstić information content (AvgIpc) is 2.87. The fourth-order valence-electron chi connectivity index (χ4n) is 3.54. The third-order valence-electron chi connectivity index (χ3n) is 4.95. The molecule has 1 saturated heterocycles. The van der Waals surface area contributed by atoms with Crippen molar-refractivity contribution in [3.05, 3.63) is 23.9 Å². The molecular formula is C19H29N3O2. The van der Waals surface area contributed by atoms with Gasteiger partial charge in [-0.25, -0.2) is 9.78 Å². The second-order valence-electron chi connectivity index (χ2n) is 7.99. The van der Waals surface area contributed by atoms with E-state index in [1.165, 1.54) is 6.42 Å². The molecule has 1 amide bonds. The normalized spacial score (nSPS) is 22.2. The Morgan fingerprint density at radius 1 is 1.29 bits per heavy atom. The Morgan fingerprint density at radius 3 is 2.58 bits per heavy atom. The minimum Gasteiger partial charge on any atom is -0.443 e. The molecule has 3 rings (SSSR count).